The summed E-state index contributed by atoms with van der Waals surface area (Å²) in [6, 6.07) is 8.22. The summed E-state index contributed by atoms with van der Waals surface area (Å²) in [4.78, 5) is 47.7. The van der Waals surface area contributed by atoms with E-state index in [4.69, 9.17) is 10.5 Å². The minimum Gasteiger partial charge on any atom is -0.448 e. The number of urea groups is 1. The van der Waals surface area contributed by atoms with Crippen molar-refractivity contribution in [2.24, 2.45) is 11.7 Å². The maximum Gasteiger partial charge on any atom is 0.338 e. The number of nitrogens with one attached hydrogen (secondary N) is 1. The molecule has 1 atom stereocenters. The molecule has 10 heteroatoms. The summed E-state index contributed by atoms with van der Waals surface area (Å²) < 4.78 is 31.1. The van der Waals surface area contributed by atoms with Crippen molar-refractivity contribution < 1.29 is 32.3 Å². The molecule has 1 aliphatic rings. The number of amides is 3. The number of fused-ring (bicyclic) bond motifs is 2. The van der Waals surface area contributed by atoms with Crippen molar-refractivity contribution in [1.82, 2.24) is 5.32 Å². The number of carbonyl (C=O) groups excluding carboxylic acids is 4. The number of nitrogens with two attached hydrogens (primary N) is 1. The van der Waals surface area contributed by atoms with Gasteiger partial charge in [-0.1, -0.05) is 26.0 Å². The number of hydrogen-bond acceptors (Lipinski definition) is 7. The lowest BCUT2D eigenvalue weighted by atomic mass is 10.0. The summed E-state index contributed by atoms with van der Waals surface area (Å²) in [7, 11) is -4.04. The Balaban J connectivity index is 1.97. The normalized spacial score (nSPS) is 15.0. The van der Waals surface area contributed by atoms with Crippen molar-refractivity contribution in [2.45, 2.75) is 29.7 Å². The second-order valence-corrected chi connectivity index (χ2v) is 8.85. The van der Waals surface area contributed by atoms with Gasteiger partial charge in [0.1, 0.15) is 0 Å². The summed E-state index contributed by atoms with van der Waals surface area (Å²) >= 11 is 0. The molecule has 3 amide bonds. The fourth-order valence-corrected chi connectivity index (χ4v) is 4.76. The zero-order valence-corrected chi connectivity index (χ0v) is 16.9. The molecule has 0 radical (unpaired) electrons. The second-order valence-electron chi connectivity index (χ2n) is 6.96. The Morgan fingerprint density at radius 1 is 1.00 bits per heavy atom. The van der Waals surface area contributed by atoms with Crippen LogP contribution in [0.5, 0.6) is 0 Å². The first-order valence-corrected chi connectivity index (χ1v) is 10.4. The molecule has 2 aromatic rings. The van der Waals surface area contributed by atoms with E-state index in [0.29, 0.717) is 0 Å². The SMILES string of the molecule is CC(C)C(OC(=O)c1ccc2c(c1)S(=O)(=O)c1ccccc1C2=O)C(=O)NC(N)=O. The van der Waals surface area contributed by atoms with Gasteiger partial charge in [-0.2, -0.15) is 0 Å². The molecule has 2 aromatic carbocycles. The summed E-state index contributed by atoms with van der Waals surface area (Å²) in [5, 5.41) is 1.84. The first-order chi connectivity index (χ1) is 14.0. The Bertz CT molecular complexity index is 1190. The molecule has 30 heavy (non-hydrogen) atoms. The quantitative estimate of drug-likeness (QED) is 0.595. The molecule has 1 aliphatic heterocycles. The van der Waals surface area contributed by atoms with Crippen LogP contribution in [0.1, 0.15) is 40.1 Å². The van der Waals surface area contributed by atoms with Crippen LogP contribution < -0.4 is 11.1 Å². The first-order valence-electron chi connectivity index (χ1n) is 8.88. The van der Waals surface area contributed by atoms with E-state index in [0.717, 1.165) is 6.07 Å². The molecule has 0 fully saturated rings. The molecule has 0 bridgehead atoms. The minimum absolute atomic E-state index is 0.0582. The molecule has 0 spiro atoms. The molecule has 0 saturated carbocycles. The fraction of sp³-hybridized carbons (Fsp3) is 0.200. The van der Waals surface area contributed by atoms with Crippen LogP contribution in [0.3, 0.4) is 0 Å². The maximum absolute atomic E-state index is 13.0. The van der Waals surface area contributed by atoms with E-state index in [1.807, 2.05) is 5.32 Å². The molecular weight excluding hydrogens is 412 g/mol. The van der Waals surface area contributed by atoms with Crippen LogP contribution in [0.15, 0.2) is 52.3 Å². The van der Waals surface area contributed by atoms with Crippen LogP contribution in [0.2, 0.25) is 0 Å². The fourth-order valence-electron chi connectivity index (χ4n) is 3.08. The monoisotopic (exact) mass is 430 g/mol. The van der Waals surface area contributed by atoms with Gasteiger partial charge in [-0.3, -0.25) is 14.9 Å². The van der Waals surface area contributed by atoms with Crippen molar-refractivity contribution in [3.63, 3.8) is 0 Å². The highest BCUT2D eigenvalue weighted by Crippen LogP contribution is 2.34. The van der Waals surface area contributed by atoms with Gasteiger partial charge in [0.25, 0.3) is 5.91 Å². The van der Waals surface area contributed by atoms with Crippen molar-refractivity contribution in [2.75, 3.05) is 0 Å². The van der Waals surface area contributed by atoms with Crippen molar-refractivity contribution in [3.8, 4) is 0 Å². The minimum atomic E-state index is -4.04. The zero-order valence-electron chi connectivity index (χ0n) is 16.0. The van der Waals surface area contributed by atoms with Gasteiger partial charge in [-0.05, 0) is 36.2 Å². The standard InChI is InChI=1S/C20H18N2O7S/c1-10(2)17(18(24)22-20(21)26)29-19(25)11-7-8-13-15(9-11)30(27,28)14-6-4-3-5-12(14)16(13)23/h3-10,17H,1-2H3,(H3,21,22,24,26). The zero-order chi connectivity index (χ0) is 22.2. The molecule has 0 aromatic heterocycles. The highest BCUT2D eigenvalue weighted by Gasteiger charge is 2.35. The number of primary amides is 1. The van der Waals surface area contributed by atoms with E-state index in [1.54, 1.807) is 19.9 Å². The summed E-state index contributed by atoms with van der Waals surface area (Å²) in [6.07, 6.45) is -1.33. The maximum atomic E-state index is 13.0. The number of sulfone groups is 1. The number of benzene rings is 2. The van der Waals surface area contributed by atoms with E-state index >= 15 is 0 Å². The Hall–Kier alpha value is -3.53. The van der Waals surface area contributed by atoms with Crippen molar-refractivity contribution in [3.05, 3.63) is 59.2 Å². The molecule has 1 unspecified atom stereocenters. The van der Waals surface area contributed by atoms with Crippen LogP contribution in [-0.2, 0) is 19.4 Å². The Morgan fingerprint density at radius 3 is 2.27 bits per heavy atom. The third-order valence-corrected chi connectivity index (χ3v) is 6.37. The average Bonchev–Trinajstić information content (AvgIpc) is 2.69. The van der Waals surface area contributed by atoms with E-state index in [-0.39, 0.29) is 26.5 Å². The Labute approximate surface area is 172 Å². The van der Waals surface area contributed by atoms with Gasteiger partial charge in [-0.25, -0.2) is 18.0 Å². The summed E-state index contributed by atoms with van der Waals surface area (Å²) in [5.74, 6) is -2.86. The number of ether oxygens (including phenoxy) is 1. The largest absolute Gasteiger partial charge is 0.448 e. The average molecular weight is 430 g/mol. The highest BCUT2D eigenvalue weighted by atomic mass is 32.2. The van der Waals surface area contributed by atoms with Gasteiger partial charge in [0, 0.05) is 11.1 Å². The molecule has 0 saturated heterocycles. The Kier molecular flexibility index (Phi) is 5.45. The lowest BCUT2D eigenvalue weighted by molar-refractivity contribution is -0.130. The van der Waals surface area contributed by atoms with Gasteiger partial charge in [0.15, 0.2) is 11.9 Å². The van der Waals surface area contributed by atoms with Crippen LogP contribution in [0, 0.1) is 5.92 Å². The van der Waals surface area contributed by atoms with Crippen LogP contribution >= 0.6 is 0 Å². The molecule has 156 valence electrons. The number of ketones is 1. The third kappa shape index (κ3) is 3.69. The lowest BCUT2D eigenvalue weighted by Gasteiger charge is -2.21. The first kappa shape index (κ1) is 21.2. The van der Waals surface area contributed by atoms with Gasteiger partial charge in [0.2, 0.25) is 9.84 Å². The van der Waals surface area contributed by atoms with Gasteiger partial charge in [0.05, 0.1) is 15.4 Å². The van der Waals surface area contributed by atoms with Gasteiger partial charge < -0.3 is 10.5 Å². The highest BCUT2D eigenvalue weighted by molar-refractivity contribution is 7.91. The van der Waals surface area contributed by atoms with Crippen molar-refractivity contribution >= 4 is 33.5 Å². The Morgan fingerprint density at radius 2 is 1.63 bits per heavy atom. The van der Waals surface area contributed by atoms with E-state index < -0.39 is 45.5 Å². The number of imide groups is 1. The summed E-state index contributed by atoms with van der Waals surface area (Å²) in [5.41, 5.74) is 4.76. The van der Waals surface area contributed by atoms with E-state index in [1.165, 1.54) is 30.3 Å². The lowest BCUT2D eigenvalue weighted by Crippen LogP contribution is -2.45. The number of hydrogen-bond donors (Lipinski definition) is 2. The number of rotatable bonds is 4. The molecule has 1 heterocycles. The number of carbonyl (C=O) groups is 4. The molecular formula is C20H18N2O7S. The van der Waals surface area contributed by atoms with E-state index in [9.17, 15) is 27.6 Å². The summed E-state index contributed by atoms with van der Waals surface area (Å²) in [6.45, 7) is 3.18. The predicted octanol–water partition coefficient (Wildman–Crippen LogP) is 1.44. The van der Waals surface area contributed by atoms with Gasteiger partial charge in [-0.15, -0.1) is 0 Å². The van der Waals surface area contributed by atoms with Crippen LogP contribution in [-0.4, -0.2) is 38.2 Å². The molecule has 3 rings (SSSR count). The van der Waals surface area contributed by atoms with Crippen molar-refractivity contribution in [1.29, 1.82) is 0 Å². The molecule has 0 aliphatic carbocycles. The smallest absolute Gasteiger partial charge is 0.338 e. The molecule has 9 nitrogen and oxygen atoms in total. The number of esters is 1. The molecule has 3 N–H and O–H groups in total. The van der Waals surface area contributed by atoms with E-state index in [2.05, 4.69) is 0 Å². The third-order valence-electron chi connectivity index (χ3n) is 4.52. The van der Waals surface area contributed by atoms with Crippen LogP contribution in [0.4, 0.5) is 4.79 Å². The van der Waals surface area contributed by atoms with Gasteiger partial charge >= 0.3 is 12.0 Å². The topological polar surface area (TPSA) is 150 Å². The predicted molar refractivity (Wildman–Crippen MR) is 104 cm³/mol. The second kappa shape index (κ2) is 7.71. The van der Waals surface area contributed by atoms with Crippen LogP contribution in [0.25, 0.3) is 0 Å².